The Hall–Kier alpha value is -1.93. The van der Waals surface area contributed by atoms with Crippen LogP contribution in [0.3, 0.4) is 0 Å². The average molecular weight is 330 g/mol. The average Bonchev–Trinajstić information content (AvgIpc) is 2.85. The summed E-state index contributed by atoms with van der Waals surface area (Å²) in [5.74, 6) is -0.331. The molecule has 1 aromatic heterocycles. The number of rotatable bonds is 5. The van der Waals surface area contributed by atoms with Crippen LogP contribution in [0.4, 0.5) is 18.3 Å². The first-order chi connectivity index (χ1) is 10.4. The van der Waals surface area contributed by atoms with Crippen molar-refractivity contribution in [1.82, 2.24) is 4.98 Å². The summed E-state index contributed by atoms with van der Waals surface area (Å²) < 4.78 is 42.7. The number of anilines is 1. The molecule has 0 fully saturated rings. The van der Waals surface area contributed by atoms with E-state index < -0.39 is 11.7 Å². The van der Waals surface area contributed by atoms with Crippen molar-refractivity contribution in [2.45, 2.75) is 12.6 Å². The van der Waals surface area contributed by atoms with E-state index in [1.807, 2.05) is 0 Å². The van der Waals surface area contributed by atoms with E-state index in [2.05, 4.69) is 15.0 Å². The quantitative estimate of drug-likeness (QED) is 0.915. The van der Waals surface area contributed by atoms with Gasteiger partial charge in [0.25, 0.3) is 5.91 Å². The van der Waals surface area contributed by atoms with Crippen LogP contribution < -0.4 is 5.32 Å². The van der Waals surface area contributed by atoms with Crippen LogP contribution in [0.1, 0.15) is 16.0 Å². The van der Waals surface area contributed by atoms with Crippen molar-refractivity contribution in [3.8, 4) is 0 Å². The Kier molecular flexibility index (Phi) is 5.15. The van der Waals surface area contributed by atoms with E-state index in [0.29, 0.717) is 17.1 Å². The number of methoxy groups -OCH3 is 1. The molecule has 0 saturated heterocycles. The van der Waals surface area contributed by atoms with Crippen molar-refractivity contribution in [1.29, 1.82) is 0 Å². The number of benzene rings is 1. The van der Waals surface area contributed by atoms with E-state index in [9.17, 15) is 18.0 Å². The lowest BCUT2D eigenvalue weighted by molar-refractivity contribution is -0.137. The van der Waals surface area contributed by atoms with Crippen molar-refractivity contribution in [2.75, 3.05) is 19.0 Å². The Labute approximate surface area is 128 Å². The number of nitrogens with zero attached hydrogens (tertiary/aromatic N) is 1. The van der Waals surface area contributed by atoms with Crippen molar-refractivity contribution in [2.24, 2.45) is 0 Å². The zero-order chi connectivity index (χ0) is 16.2. The number of carbonyl (C=O) groups excluding carboxylic acids is 1. The third kappa shape index (κ3) is 4.54. The molecule has 0 aliphatic heterocycles. The summed E-state index contributed by atoms with van der Waals surface area (Å²) in [6.07, 6.45) is -2.50. The van der Waals surface area contributed by atoms with Crippen molar-refractivity contribution >= 4 is 22.4 Å². The number of hydrogen-bond acceptors (Lipinski definition) is 4. The van der Waals surface area contributed by atoms with E-state index in [-0.39, 0.29) is 12.5 Å². The summed E-state index contributed by atoms with van der Waals surface area (Å²) in [5, 5.41) is 2.94. The number of aromatic nitrogens is 1. The highest BCUT2D eigenvalue weighted by molar-refractivity contribution is 7.15. The number of nitrogens with one attached hydrogen (secondary N) is 1. The topological polar surface area (TPSA) is 51.2 Å². The molecule has 118 valence electrons. The SMILES string of the molecule is COCC(=O)Nc1ncc(Cc2cccc(C(F)(F)F)c2)s1. The van der Waals surface area contributed by atoms with Gasteiger partial charge in [0.1, 0.15) is 6.61 Å². The highest BCUT2D eigenvalue weighted by Crippen LogP contribution is 2.30. The largest absolute Gasteiger partial charge is 0.416 e. The van der Waals surface area contributed by atoms with Gasteiger partial charge in [0.2, 0.25) is 0 Å². The molecule has 0 spiro atoms. The predicted molar refractivity (Wildman–Crippen MR) is 76.9 cm³/mol. The molecule has 0 aliphatic carbocycles. The third-order valence-corrected chi connectivity index (χ3v) is 3.62. The number of alkyl halides is 3. The molecule has 1 N–H and O–H groups in total. The number of ether oxygens (including phenoxy) is 1. The number of carbonyl (C=O) groups is 1. The van der Waals surface area contributed by atoms with Gasteiger partial charge in [0.15, 0.2) is 5.13 Å². The predicted octanol–water partition coefficient (Wildman–Crippen LogP) is 3.34. The van der Waals surface area contributed by atoms with Crippen LogP contribution in [0.2, 0.25) is 0 Å². The van der Waals surface area contributed by atoms with E-state index in [4.69, 9.17) is 0 Å². The maximum absolute atomic E-state index is 12.7. The van der Waals surface area contributed by atoms with Gasteiger partial charge in [-0.1, -0.05) is 18.2 Å². The lowest BCUT2D eigenvalue weighted by Gasteiger charge is -2.07. The van der Waals surface area contributed by atoms with Crippen molar-refractivity contribution in [3.05, 3.63) is 46.5 Å². The van der Waals surface area contributed by atoms with Crippen LogP contribution in [-0.4, -0.2) is 24.6 Å². The van der Waals surface area contributed by atoms with Gasteiger partial charge in [-0.2, -0.15) is 13.2 Å². The van der Waals surface area contributed by atoms with E-state index in [1.54, 1.807) is 6.07 Å². The molecule has 1 amide bonds. The molecule has 0 saturated carbocycles. The van der Waals surface area contributed by atoms with E-state index in [0.717, 1.165) is 17.0 Å². The first kappa shape index (κ1) is 16.4. The second-order valence-electron chi connectivity index (χ2n) is 4.49. The van der Waals surface area contributed by atoms with Crippen LogP contribution in [-0.2, 0) is 22.1 Å². The Bertz CT molecular complexity index is 656. The van der Waals surface area contributed by atoms with Gasteiger partial charge in [-0.05, 0) is 11.6 Å². The van der Waals surface area contributed by atoms with E-state index in [1.165, 1.54) is 30.7 Å². The Morgan fingerprint density at radius 2 is 2.18 bits per heavy atom. The lowest BCUT2D eigenvalue weighted by atomic mass is 10.1. The minimum atomic E-state index is -4.36. The van der Waals surface area contributed by atoms with Crippen LogP contribution in [0.5, 0.6) is 0 Å². The normalized spacial score (nSPS) is 11.5. The fraction of sp³-hybridized carbons (Fsp3) is 0.286. The Morgan fingerprint density at radius 1 is 1.41 bits per heavy atom. The van der Waals surface area contributed by atoms with Gasteiger partial charge < -0.3 is 4.74 Å². The molecule has 4 nitrogen and oxygen atoms in total. The second-order valence-corrected chi connectivity index (χ2v) is 5.60. The summed E-state index contributed by atoms with van der Waals surface area (Å²) in [6.45, 7) is -0.0808. The van der Waals surface area contributed by atoms with Gasteiger partial charge in [-0.15, -0.1) is 11.3 Å². The summed E-state index contributed by atoms with van der Waals surface area (Å²) in [4.78, 5) is 16.1. The standard InChI is InChI=1S/C14H13F3N2O2S/c1-21-8-12(20)19-13-18-7-11(22-13)6-9-3-2-4-10(5-9)14(15,16)17/h2-5,7H,6,8H2,1H3,(H,18,19,20). The Morgan fingerprint density at radius 3 is 2.86 bits per heavy atom. The van der Waals surface area contributed by atoms with Gasteiger partial charge >= 0.3 is 6.18 Å². The molecule has 1 aromatic carbocycles. The second kappa shape index (κ2) is 6.89. The molecular formula is C14H13F3N2O2S. The van der Waals surface area contributed by atoms with Crippen LogP contribution in [0.15, 0.2) is 30.5 Å². The van der Waals surface area contributed by atoms with Gasteiger partial charge in [0.05, 0.1) is 5.56 Å². The zero-order valence-corrected chi connectivity index (χ0v) is 12.4. The minimum absolute atomic E-state index is 0.0808. The van der Waals surface area contributed by atoms with Crippen LogP contribution in [0, 0.1) is 0 Å². The maximum Gasteiger partial charge on any atom is 0.416 e. The molecular weight excluding hydrogens is 317 g/mol. The highest BCUT2D eigenvalue weighted by atomic mass is 32.1. The molecule has 1 heterocycles. The number of amides is 1. The molecule has 0 radical (unpaired) electrons. The minimum Gasteiger partial charge on any atom is -0.375 e. The Balaban J connectivity index is 2.06. The summed E-state index contributed by atoms with van der Waals surface area (Å²) in [5.41, 5.74) is -0.142. The molecule has 0 unspecified atom stereocenters. The lowest BCUT2D eigenvalue weighted by Crippen LogP contribution is -2.16. The zero-order valence-electron chi connectivity index (χ0n) is 11.6. The molecule has 2 rings (SSSR count). The molecule has 8 heteroatoms. The van der Waals surface area contributed by atoms with Crippen LogP contribution >= 0.6 is 11.3 Å². The molecule has 0 atom stereocenters. The fourth-order valence-electron chi connectivity index (χ4n) is 1.79. The summed E-state index contributed by atoms with van der Waals surface area (Å²) >= 11 is 1.22. The molecule has 22 heavy (non-hydrogen) atoms. The van der Waals surface area contributed by atoms with Crippen molar-refractivity contribution < 1.29 is 22.7 Å². The highest BCUT2D eigenvalue weighted by Gasteiger charge is 2.30. The molecule has 0 aliphatic rings. The smallest absolute Gasteiger partial charge is 0.375 e. The van der Waals surface area contributed by atoms with Gasteiger partial charge in [0, 0.05) is 24.6 Å². The first-order valence-electron chi connectivity index (χ1n) is 6.28. The first-order valence-corrected chi connectivity index (χ1v) is 7.10. The third-order valence-electron chi connectivity index (χ3n) is 2.71. The number of thiazole rings is 1. The van der Waals surface area contributed by atoms with Crippen LogP contribution in [0.25, 0.3) is 0 Å². The molecule has 0 bridgehead atoms. The van der Waals surface area contributed by atoms with Gasteiger partial charge in [-0.3, -0.25) is 10.1 Å². The summed E-state index contributed by atoms with van der Waals surface area (Å²) in [6, 6.07) is 5.15. The van der Waals surface area contributed by atoms with Crippen molar-refractivity contribution in [3.63, 3.8) is 0 Å². The number of halogens is 3. The molecule has 2 aromatic rings. The fourth-order valence-corrected chi connectivity index (χ4v) is 2.66. The number of hydrogen-bond donors (Lipinski definition) is 1. The maximum atomic E-state index is 12.7. The van der Waals surface area contributed by atoms with E-state index >= 15 is 0 Å². The monoisotopic (exact) mass is 330 g/mol. The summed E-state index contributed by atoms with van der Waals surface area (Å²) in [7, 11) is 1.40. The van der Waals surface area contributed by atoms with Gasteiger partial charge in [-0.25, -0.2) is 4.98 Å².